The zero-order chi connectivity index (χ0) is 38.9. The van der Waals surface area contributed by atoms with Crippen molar-refractivity contribution in [3.63, 3.8) is 0 Å². The average molecular weight is 778 g/mol. The van der Waals surface area contributed by atoms with E-state index in [4.69, 9.17) is 28.9 Å². The van der Waals surface area contributed by atoms with Crippen LogP contribution in [-0.4, -0.2) is 43.7 Å². The van der Waals surface area contributed by atoms with Crippen LogP contribution in [0.1, 0.15) is 70.3 Å². The maximum Gasteiger partial charge on any atom is 0.270 e. The summed E-state index contributed by atoms with van der Waals surface area (Å²) in [5, 5.41) is 14.8. The Morgan fingerprint density at radius 3 is 2.24 bits per heavy atom. The standard InChI is InChI=1S/C40H31Cl2FN8O4/c1-38(18-22-5-7-23(19-44)8-6-22)36(55)50(27-16-28(41)32(43)29(42)17-27)37-47-21-30(51(37)38)34(53)48-40(13-14-40)35(54)49-39(11-12-39)31-10-9-26(20-46-31)24-3-2-4-25(15-24)33(45)52/h2-10,15-17,20-21H,11-14,18H2,1H3,(H2,45,52)(H,48,53)(H,49,54)/t38-/m1/s1. The fourth-order valence-corrected chi connectivity index (χ4v) is 7.62. The SMILES string of the molecule is C[C@@]1(Cc2ccc(C#N)cc2)C(=O)N(c2cc(Cl)c(F)c(Cl)c2)c2ncc(C(=O)NC3(C(=O)NC4(c5ccc(-c6cccc(C(N)=O)c6)cn5)CC4)CC3)n21. The lowest BCUT2D eigenvalue weighted by molar-refractivity contribution is -0.125. The van der Waals surface area contributed by atoms with Crippen LogP contribution in [0.5, 0.6) is 0 Å². The first-order valence-electron chi connectivity index (χ1n) is 17.4. The molecule has 4 N–H and O–H groups in total. The summed E-state index contributed by atoms with van der Waals surface area (Å²) < 4.78 is 15.9. The number of pyridine rings is 1. The molecular formula is C40H31Cl2FN8O4. The van der Waals surface area contributed by atoms with Crippen molar-refractivity contribution in [3.8, 4) is 17.2 Å². The van der Waals surface area contributed by atoms with E-state index in [0.29, 0.717) is 48.1 Å². The van der Waals surface area contributed by atoms with Crippen molar-refractivity contribution in [2.24, 2.45) is 5.73 Å². The average Bonchev–Trinajstić information content (AvgIpc) is 4.09. The molecular weight excluding hydrogens is 746 g/mol. The minimum Gasteiger partial charge on any atom is -0.366 e. The lowest BCUT2D eigenvalue weighted by atomic mass is 9.91. The Kier molecular flexibility index (Phi) is 8.51. The van der Waals surface area contributed by atoms with Gasteiger partial charge in [0.25, 0.3) is 11.8 Å². The van der Waals surface area contributed by atoms with Crippen molar-refractivity contribution in [3.05, 3.63) is 129 Å². The second-order valence-corrected chi connectivity index (χ2v) is 15.2. The smallest absolute Gasteiger partial charge is 0.270 e. The van der Waals surface area contributed by atoms with Crippen molar-refractivity contribution < 1.29 is 23.6 Å². The van der Waals surface area contributed by atoms with Gasteiger partial charge in [0.05, 0.1) is 44.8 Å². The molecule has 5 aromatic rings. The summed E-state index contributed by atoms with van der Waals surface area (Å²) in [6.07, 6.45) is 5.21. The van der Waals surface area contributed by atoms with Gasteiger partial charge in [0.2, 0.25) is 17.8 Å². The number of rotatable bonds is 10. The number of halogens is 3. The Bertz CT molecular complexity index is 2470. The highest BCUT2D eigenvalue weighted by Crippen LogP contribution is 2.48. The van der Waals surface area contributed by atoms with Gasteiger partial charge in [-0.3, -0.25) is 28.7 Å². The first kappa shape index (κ1) is 35.9. The number of amides is 4. The molecule has 3 aromatic carbocycles. The molecule has 2 fully saturated rings. The van der Waals surface area contributed by atoms with E-state index < -0.39 is 40.2 Å². The van der Waals surface area contributed by atoms with Gasteiger partial charge in [-0.05, 0) is 86.2 Å². The van der Waals surface area contributed by atoms with Crippen LogP contribution in [0.3, 0.4) is 0 Å². The number of benzene rings is 3. The summed E-state index contributed by atoms with van der Waals surface area (Å²) in [4.78, 5) is 64.6. The number of hydrogen-bond acceptors (Lipinski definition) is 7. The molecule has 2 saturated carbocycles. The van der Waals surface area contributed by atoms with Gasteiger partial charge in [0, 0.05) is 23.7 Å². The predicted molar refractivity (Wildman–Crippen MR) is 201 cm³/mol. The van der Waals surface area contributed by atoms with Crippen LogP contribution in [-0.2, 0) is 27.1 Å². The molecule has 0 saturated heterocycles. The Hall–Kier alpha value is -6.10. The number of aromatic nitrogens is 3. The van der Waals surface area contributed by atoms with Crippen LogP contribution >= 0.6 is 23.2 Å². The van der Waals surface area contributed by atoms with Gasteiger partial charge in [-0.25, -0.2) is 14.3 Å². The van der Waals surface area contributed by atoms with Crippen molar-refractivity contribution in [1.29, 1.82) is 5.26 Å². The molecule has 2 aromatic heterocycles. The van der Waals surface area contributed by atoms with Crippen molar-refractivity contribution in [2.45, 2.75) is 55.6 Å². The zero-order valence-corrected chi connectivity index (χ0v) is 30.7. The van der Waals surface area contributed by atoms with Crippen molar-refractivity contribution >= 4 is 58.5 Å². The second kappa shape index (κ2) is 13.0. The minimum atomic E-state index is -1.43. The molecule has 0 radical (unpaired) electrons. The lowest BCUT2D eigenvalue weighted by Gasteiger charge is -2.27. The molecule has 1 atom stereocenters. The zero-order valence-electron chi connectivity index (χ0n) is 29.2. The summed E-state index contributed by atoms with van der Waals surface area (Å²) in [6.45, 7) is 1.66. The number of imidazole rings is 1. The number of nitriles is 1. The van der Waals surface area contributed by atoms with Crippen LogP contribution < -0.4 is 21.3 Å². The number of carbonyl (C=O) groups excluding carboxylic acids is 4. The highest BCUT2D eigenvalue weighted by molar-refractivity contribution is 6.35. The van der Waals surface area contributed by atoms with E-state index in [9.17, 15) is 28.8 Å². The van der Waals surface area contributed by atoms with E-state index in [1.807, 2.05) is 18.2 Å². The number of carbonyl (C=O) groups is 4. The maximum atomic E-state index is 14.4. The summed E-state index contributed by atoms with van der Waals surface area (Å²) in [5.74, 6) is -2.75. The largest absolute Gasteiger partial charge is 0.366 e. The van der Waals surface area contributed by atoms with Gasteiger partial charge in [-0.15, -0.1) is 0 Å². The number of primary amides is 1. The number of hydrogen-bond donors (Lipinski definition) is 3. The maximum absolute atomic E-state index is 14.4. The molecule has 1 aliphatic heterocycles. The van der Waals surface area contributed by atoms with E-state index in [0.717, 1.165) is 11.1 Å². The summed E-state index contributed by atoms with van der Waals surface area (Å²) >= 11 is 12.3. The highest BCUT2D eigenvalue weighted by atomic mass is 35.5. The molecule has 276 valence electrons. The first-order valence-corrected chi connectivity index (χ1v) is 18.1. The minimum absolute atomic E-state index is 0.0270. The van der Waals surface area contributed by atoms with Crippen molar-refractivity contribution in [2.75, 3.05) is 4.90 Å². The topological polar surface area (TPSA) is 176 Å². The molecule has 0 spiro atoms. The molecule has 12 nitrogen and oxygen atoms in total. The lowest BCUT2D eigenvalue weighted by Crippen LogP contribution is -2.52. The molecule has 8 rings (SSSR count). The molecule has 0 unspecified atom stereocenters. The van der Waals surface area contributed by atoms with E-state index in [1.54, 1.807) is 55.6 Å². The second-order valence-electron chi connectivity index (χ2n) is 14.4. The van der Waals surface area contributed by atoms with Gasteiger partial charge in [0.1, 0.15) is 16.8 Å². The van der Waals surface area contributed by atoms with Gasteiger partial charge >= 0.3 is 0 Å². The van der Waals surface area contributed by atoms with Crippen LogP contribution in [0, 0.1) is 17.1 Å². The monoisotopic (exact) mass is 776 g/mol. The Morgan fingerprint density at radius 2 is 1.64 bits per heavy atom. The van der Waals surface area contributed by atoms with Gasteiger partial charge < -0.3 is 16.4 Å². The van der Waals surface area contributed by atoms with Gasteiger partial charge in [0.15, 0.2) is 5.82 Å². The Balaban J connectivity index is 1.06. The summed E-state index contributed by atoms with van der Waals surface area (Å²) in [5.41, 5.74) is 6.04. The first-order chi connectivity index (χ1) is 26.3. The van der Waals surface area contributed by atoms with Crippen LogP contribution in [0.25, 0.3) is 11.1 Å². The van der Waals surface area contributed by atoms with E-state index >= 15 is 0 Å². The fourth-order valence-electron chi connectivity index (χ4n) is 7.15. The molecule has 4 amide bonds. The molecule has 15 heteroatoms. The molecule has 0 bridgehead atoms. The molecule has 55 heavy (non-hydrogen) atoms. The highest BCUT2D eigenvalue weighted by Gasteiger charge is 2.57. The number of nitrogens with zero attached hydrogens (tertiary/aromatic N) is 5. The number of fused-ring (bicyclic) bond motifs is 1. The quantitative estimate of drug-likeness (QED) is 0.144. The van der Waals surface area contributed by atoms with Crippen LogP contribution in [0.4, 0.5) is 16.0 Å². The molecule has 2 aliphatic carbocycles. The third-order valence-electron chi connectivity index (χ3n) is 10.6. The fraction of sp³-hybridized carbons (Fsp3) is 0.225. The Labute approximate surface area is 324 Å². The third-order valence-corrected chi connectivity index (χ3v) is 11.1. The summed E-state index contributed by atoms with van der Waals surface area (Å²) in [7, 11) is 0. The number of anilines is 2. The summed E-state index contributed by atoms with van der Waals surface area (Å²) in [6, 6.07) is 21.9. The van der Waals surface area contributed by atoms with E-state index in [-0.39, 0.29) is 39.7 Å². The van der Waals surface area contributed by atoms with Crippen molar-refractivity contribution in [1.82, 2.24) is 25.2 Å². The number of nitrogens with two attached hydrogens (primary N) is 1. The van der Waals surface area contributed by atoms with Gasteiger partial charge in [-0.2, -0.15) is 5.26 Å². The van der Waals surface area contributed by atoms with E-state index in [2.05, 4.69) is 26.7 Å². The molecule has 3 aliphatic rings. The molecule has 3 heterocycles. The Morgan fingerprint density at radius 1 is 0.927 bits per heavy atom. The number of nitrogens with one attached hydrogen (secondary N) is 2. The van der Waals surface area contributed by atoms with Gasteiger partial charge in [-0.1, -0.05) is 53.5 Å². The normalized spacial score (nSPS) is 18.6. The van der Waals surface area contributed by atoms with Crippen LogP contribution in [0.15, 0.2) is 85.2 Å². The predicted octanol–water partition coefficient (Wildman–Crippen LogP) is 6.07. The van der Waals surface area contributed by atoms with E-state index in [1.165, 1.54) is 27.8 Å². The third kappa shape index (κ3) is 6.17. The van der Waals surface area contributed by atoms with Crippen LogP contribution in [0.2, 0.25) is 10.0 Å².